The fourth-order valence-electron chi connectivity index (χ4n) is 4.23. The topological polar surface area (TPSA) is 61.8 Å². The minimum atomic E-state index is -0.830. The molecule has 0 aliphatic heterocycles. The molecular weight excluding hydrogens is 464 g/mol. The zero-order valence-electron chi connectivity index (χ0n) is 22.9. The van der Waals surface area contributed by atoms with E-state index in [-0.39, 0.29) is 0 Å². The fraction of sp³-hybridized carbons (Fsp3) is 0.562. The lowest BCUT2D eigenvalue weighted by Crippen LogP contribution is -2.37. The van der Waals surface area contributed by atoms with Crippen molar-refractivity contribution in [1.29, 1.82) is 0 Å². The Hall–Kier alpha value is -2.82. The van der Waals surface area contributed by atoms with Crippen LogP contribution in [0.4, 0.5) is 0 Å². The largest absolute Gasteiger partial charge is 0.479 e. The van der Waals surface area contributed by atoms with E-state index in [0.29, 0.717) is 24.3 Å². The Morgan fingerprint density at radius 1 is 0.541 bits per heavy atom. The summed E-state index contributed by atoms with van der Waals surface area (Å²) in [5, 5.41) is 0. The Labute approximate surface area is 223 Å². The van der Waals surface area contributed by atoms with Crippen molar-refractivity contribution >= 4 is 11.9 Å². The third kappa shape index (κ3) is 13.3. The van der Waals surface area contributed by atoms with Crippen molar-refractivity contribution in [1.82, 2.24) is 0 Å². The Balaban J connectivity index is 1.98. The number of benzene rings is 2. The van der Waals surface area contributed by atoms with Gasteiger partial charge in [-0.15, -0.1) is 0 Å². The molecule has 2 unspecified atom stereocenters. The molecule has 2 aromatic carbocycles. The fourth-order valence-corrected chi connectivity index (χ4v) is 4.23. The molecule has 204 valence electrons. The van der Waals surface area contributed by atoms with Gasteiger partial charge >= 0.3 is 11.9 Å². The summed E-state index contributed by atoms with van der Waals surface area (Å²) in [6.07, 6.45) is 12.6. The average molecular weight is 511 g/mol. The van der Waals surface area contributed by atoms with Crippen LogP contribution in [0.15, 0.2) is 60.7 Å². The van der Waals surface area contributed by atoms with Crippen LogP contribution < -0.4 is 9.47 Å². The molecule has 0 bridgehead atoms. The van der Waals surface area contributed by atoms with Crippen LogP contribution in [0.1, 0.15) is 104 Å². The van der Waals surface area contributed by atoms with Crippen molar-refractivity contribution in [3.05, 3.63) is 60.7 Å². The molecule has 2 atom stereocenters. The van der Waals surface area contributed by atoms with Gasteiger partial charge in [-0.05, 0) is 49.9 Å². The van der Waals surface area contributed by atoms with Crippen LogP contribution in [0.2, 0.25) is 0 Å². The molecule has 0 N–H and O–H groups in total. The van der Waals surface area contributed by atoms with E-state index in [1.54, 1.807) is 0 Å². The minimum absolute atomic E-state index is 0.509. The SMILES string of the molecule is CCCCCCCCC(Oc1ccccc1)C(=O)OC(=O)C(CCCCCCCC)Oc1ccccc1. The predicted molar refractivity (Wildman–Crippen MR) is 149 cm³/mol. The van der Waals surface area contributed by atoms with E-state index in [0.717, 1.165) is 38.5 Å². The highest BCUT2D eigenvalue weighted by Crippen LogP contribution is 2.20. The second-order valence-electron chi connectivity index (χ2n) is 9.69. The summed E-state index contributed by atoms with van der Waals surface area (Å²) in [7, 11) is 0. The molecule has 0 aliphatic carbocycles. The first-order valence-electron chi connectivity index (χ1n) is 14.3. The molecule has 5 nitrogen and oxygen atoms in total. The number of carbonyl (C=O) groups is 2. The maximum Gasteiger partial charge on any atom is 0.355 e. The van der Waals surface area contributed by atoms with E-state index in [4.69, 9.17) is 14.2 Å². The number of rotatable bonds is 20. The van der Waals surface area contributed by atoms with E-state index < -0.39 is 24.1 Å². The maximum atomic E-state index is 13.1. The first-order chi connectivity index (χ1) is 18.1. The van der Waals surface area contributed by atoms with Gasteiger partial charge in [0.15, 0.2) is 12.2 Å². The number of esters is 2. The molecule has 5 heteroatoms. The van der Waals surface area contributed by atoms with Gasteiger partial charge in [0.05, 0.1) is 0 Å². The summed E-state index contributed by atoms with van der Waals surface area (Å²) < 4.78 is 17.3. The standard InChI is InChI=1S/C32H46O5/c1-3-5-7-9-11-19-25-29(35-27-21-15-13-16-22-27)31(33)37-32(34)30(26-20-12-10-8-6-4-2)36-28-23-17-14-18-24-28/h13-18,21-24,29-30H,3-12,19-20,25-26H2,1-2H3. The first kappa shape index (κ1) is 30.4. The van der Waals surface area contributed by atoms with Gasteiger partial charge in [-0.1, -0.05) is 114 Å². The number of ether oxygens (including phenoxy) is 3. The van der Waals surface area contributed by atoms with Gasteiger partial charge in [0.25, 0.3) is 0 Å². The van der Waals surface area contributed by atoms with Gasteiger partial charge in [-0.25, -0.2) is 9.59 Å². The molecule has 2 aromatic rings. The van der Waals surface area contributed by atoms with Crippen molar-refractivity contribution < 1.29 is 23.8 Å². The number of hydrogen-bond donors (Lipinski definition) is 0. The Bertz CT molecular complexity index is 780. The van der Waals surface area contributed by atoms with Crippen LogP contribution in [-0.2, 0) is 14.3 Å². The van der Waals surface area contributed by atoms with Crippen LogP contribution >= 0.6 is 0 Å². The quantitative estimate of drug-likeness (QED) is 0.102. The van der Waals surface area contributed by atoms with E-state index in [1.165, 1.54) is 38.5 Å². The average Bonchev–Trinajstić information content (AvgIpc) is 2.92. The van der Waals surface area contributed by atoms with Crippen LogP contribution in [0.25, 0.3) is 0 Å². The van der Waals surface area contributed by atoms with Crippen molar-refractivity contribution in [2.75, 3.05) is 0 Å². The summed E-state index contributed by atoms with van der Waals surface area (Å²) in [4.78, 5) is 26.2. The van der Waals surface area contributed by atoms with E-state index in [9.17, 15) is 9.59 Å². The van der Waals surface area contributed by atoms with Crippen LogP contribution in [0.5, 0.6) is 11.5 Å². The third-order valence-corrected chi connectivity index (χ3v) is 6.41. The third-order valence-electron chi connectivity index (χ3n) is 6.41. The molecule has 0 radical (unpaired) electrons. The lowest BCUT2D eigenvalue weighted by atomic mass is 10.1. The summed E-state index contributed by atoms with van der Waals surface area (Å²) in [5.41, 5.74) is 0. The number of hydrogen-bond acceptors (Lipinski definition) is 5. The molecule has 0 amide bonds. The molecule has 0 heterocycles. The maximum absolute atomic E-state index is 13.1. The molecule has 37 heavy (non-hydrogen) atoms. The minimum Gasteiger partial charge on any atom is -0.479 e. The van der Waals surface area contributed by atoms with Crippen LogP contribution in [0, 0.1) is 0 Å². The van der Waals surface area contributed by atoms with Gasteiger partial charge < -0.3 is 14.2 Å². The van der Waals surface area contributed by atoms with Gasteiger partial charge in [-0.3, -0.25) is 0 Å². The molecule has 2 rings (SSSR count). The van der Waals surface area contributed by atoms with Crippen molar-refractivity contribution in [2.24, 2.45) is 0 Å². The van der Waals surface area contributed by atoms with Gasteiger partial charge in [0.1, 0.15) is 11.5 Å². The summed E-state index contributed by atoms with van der Waals surface area (Å²) >= 11 is 0. The summed E-state index contributed by atoms with van der Waals surface area (Å²) in [5.74, 6) is -0.113. The Kier molecular flexibility index (Phi) is 15.9. The van der Waals surface area contributed by atoms with Crippen LogP contribution in [0.3, 0.4) is 0 Å². The molecule has 0 saturated heterocycles. The zero-order chi connectivity index (χ0) is 26.6. The Morgan fingerprint density at radius 2 is 0.892 bits per heavy atom. The smallest absolute Gasteiger partial charge is 0.355 e. The van der Waals surface area contributed by atoms with Crippen molar-refractivity contribution in [3.8, 4) is 11.5 Å². The molecule has 0 spiro atoms. The number of unbranched alkanes of at least 4 members (excludes halogenated alkanes) is 10. The second-order valence-corrected chi connectivity index (χ2v) is 9.69. The highest BCUT2D eigenvalue weighted by Gasteiger charge is 2.29. The van der Waals surface area contributed by atoms with Gasteiger partial charge in [0.2, 0.25) is 0 Å². The molecule has 0 aromatic heterocycles. The van der Waals surface area contributed by atoms with Crippen LogP contribution in [-0.4, -0.2) is 24.1 Å². The molecule has 0 saturated carbocycles. The van der Waals surface area contributed by atoms with E-state index >= 15 is 0 Å². The number of carbonyl (C=O) groups excluding carboxylic acids is 2. The van der Waals surface area contributed by atoms with Gasteiger partial charge in [-0.2, -0.15) is 0 Å². The second kappa shape index (κ2) is 19.3. The predicted octanol–water partition coefficient (Wildman–Crippen LogP) is 8.45. The van der Waals surface area contributed by atoms with Crippen molar-refractivity contribution in [2.45, 2.75) is 116 Å². The monoisotopic (exact) mass is 510 g/mol. The summed E-state index contributed by atoms with van der Waals surface area (Å²) in [6, 6.07) is 18.5. The number of para-hydroxylation sites is 2. The molecule has 0 aliphatic rings. The first-order valence-corrected chi connectivity index (χ1v) is 14.3. The molecule has 0 fully saturated rings. The summed E-state index contributed by atoms with van der Waals surface area (Å²) in [6.45, 7) is 4.38. The normalized spacial score (nSPS) is 12.5. The highest BCUT2D eigenvalue weighted by atomic mass is 16.6. The zero-order valence-corrected chi connectivity index (χ0v) is 22.9. The molecular formula is C32H46O5. The van der Waals surface area contributed by atoms with Gasteiger partial charge in [0, 0.05) is 0 Å². The highest BCUT2D eigenvalue weighted by molar-refractivity contribution is 5.90. The van der Waals surface area contributed by atoms with Crippen molar-refractivity contribution in [3.63, 3.8) is 0 Å². The lowest BCUT2D eigenvalue weighted by Gasteiger charge is -2.21. The lowest BCUT2D eigenvalue weighted by molar-refractivity contribution is -0.170. The van der Waals surface area contributed by atoms with E-state index in [1.807, 2.05) is 60.7 Å². The Morgan fingerprint density at radius 3 is 1.27 bits per heavy atom. The van der Waals surface area contributed by atoms with E-state index in [2.05, 4.69) is 13.8 Å².